The number of rotatable bonds is 12. The summed E-state index contributed by atoms with van der Waals surface area (Å²) in [4.78, 5) is 42.8. The standard InChI is InChI=1S/C46H50N6O4.2BrH/c1-29-33(13-15-45(53)55-5)43-28-44-34(14-16-46(54)56-6)30(2)39(50-44)26-42-36(18-24-52-21-11-8-12-22-52)32(4)40(49-42)27-41-35(17-23-51-19-9-7-10-20-51)31(3)38(47-41)25-37(29)48-43;;/h7-12,19-22,25-28,47,50H,13-18,23-24H2,1-6H3;2*1H/q+2;;/p-2. The van der Waals surface area contributed by atoms with Crippen LogP contribution in [0.15, 0.2) is 85.5 Å². The highest BCUT2D eigenvalue weighted by atomic mass is 79.9. The minimum Gasteiger partial charge on any atom is -1.00 e. The van der Waals surface area contributed by atoms with Crippen LogP contribution in [-0.4, -0.2) is 46.1 Å². The van der Waals surface area contributed by atoms with Crippen molar-refractivity contribution in [1.82, 2.24) is 19.9 Å². The first-order chi connectivity index (χ1) is 27.1. The second-order valence-electron chi connectivity index (χ2n) is 14.5. The van der Waals surface area contributed by atoms with Crippen molar-refractivity contribution in [2.75, 3.05) is 14.2 Å². The maximum Gasteiger partial charge on any atom is 0.305 e. The summed E-state index contributed by atoms with van der Waals surface area (Å²) < 4.78 is 14.5. The van der Waals surface area contributed by atoms with Gasteiger partial charge in [-0.1, -0.05) is 12.1 Å². The van der Waals surface area contributed by atoms with E-state index >= 15 is 0 Å². The van der Waals surface area contributed by atoms with E-state index in [-0.39, 0.29) is 58.7 Å². The summed E-state index contributed by atoms with van der Waals surface area (Å²) in [6, 6.07) is 20.8. The molecule has 12 heteroatoms. The third-order valence-corrected chi connectivity index (χ3v) is 11.2. The smallest absolute Gasteiger partial charge is 0.305 e. The number of allylic oxidation sites excluding steroid dienone is 4. The van der Waals surface area contributed by atoms with Crippen molar-refractivity contribution >= 4 is 56.3 Å². The molecule has 58 heavy (non-hydrogen) atoms. The van der Waals surface area contributed by atoms with E-state index in [0.717, 1.165) is 104 Å². The van der Waals surface area contributed by atoms with Gasteiger partial charge in [-0.15, -0.1) is 0 Å². The van der Waals surface area contributed by atoms with Crippen molar-refractivity contribution in [1.29, 1.82) is 0 Å². The molecule has 0 fully saturated rings. The zero-order valence-corrected chi connectivity index (χ0v) is 37.1. The van der Waals surface area contributed by atoms with Crippen molar-refractivity contribution in [2.24, 2.45) is 0 Å². The molecule has 302 valence electrons. The van der Waals surface area contributed by atoms with E-state index in [9.17, 15) is 9.59 Å². The van der Waals surface area contributed by atoms with Gasteiger partial charge in [-0.25, -0.2) is 19.1 Å². The van der Waals surface area contributed by atoms with Crippen molar-refractivity contribution in [3.63, 3.8) is 0 Å². The number of pyridine rings is 2. The van der Waals surface area contributed by atoms with E-state index in [1.165, 1.54) is 25.4 Å². The Labute approximate surface area is 360 Å². The average Bonchev–Trinajstić information content (AvgIpc) is 3.87. The summed E-state index contributed by atoms with van der Waals surface area (Å²) in [7, 11) is 2.83. The lowest BCUT2D eigenvalue weighted by Crippen LogP contribution is -3.00. The van der Waals surface area contributed by atoms with Crippen LogP contribution in [0.1, 0.15) is 84.6 Å². The molecule has 5 aromatic heterocycles. The van der Waals surface area contributed by atoms with Crippen LogP contribution in [0.25, 0.3) is 44.4 Å². The predicted octanol–water partition coefficient (Wildman–Crippen LogP) is 1.77. The Morgan fingerprint density at radius 1 is 0.534 bits per heavy atom. The Bertz CT molecular complexity index is 2540. The number of nitrogens with zero attached hydrogens (tertiary/aromatic N) is 4. The first-order valence-corrected chi connectivity index (χ1v) is 19.3. The second-order valence-corrected chi connectivity index (χ2v) is 14.5. The third-order valence-electron chi connectivity index (χ3n) is 11.2. The average molecular weight is 911 g/mol. The summed E-state index contributed by atoms with van der Waals surface area (Å²) in [5.41, 5.74) is 16.0. The summed E-state index contributed by atoms with van der Waals surface area (Å²) in [5, 5.41) is 0. The molecule has 2 N–H and O–H groups in total. The van der Waals surface area contributed by atoms with E-state index < -0.39 is 0 Å². The lowest BCUT2D eigenvalue weighted by molar-refractivity contribution is -0.696. The largest absolute Gasteiger partial charge is 1.00 e. The number of H-pyrrole nitrogens is 2. The van der Waals surface area contributed by atoms with Crippen LogP contribution >= 0.6 is 0 Å². The van der Waals surface area contributed by atoms with Crippen LogP contribution in [0.2, 0.25) is 0 Å². The molecule has 0 radical (unpaired) electrons. The molecular weight excluding hydrogens is 860 g/mol. The van der Waals surface area contributed by atoms with Gasteiger partial charge in [-0.3, -0.25) is 9.59 Å². The zero-order chi connectivity index (χ0) is 39.3. The number of hydrogen-bond donors (Lipinski definition) is 2. The van der Waals surface area contributed by atoms with Gasteiger partial charge in [-0.05, 0) is 109 Å². The Morgan fingerprint density at radius 2 is 0.931 bits per heavy atom. The van der Waals surface area contributed by atoms with Gasteiger partial charge >= 0.3 is 11.9 Å². The highest BCUT2D eigenvalue weighted by Gasteiger charge is 2.23. The van der Waals surface area contributed by atoms with Gasteiger partial charge in [0.25, 0.3) is 0 Å². The SMILES string of the molecule is COC(=O)CCC1=C(C)c2cc3[nH]c(cc4nc(cc5[nH]c(cc1n2)c(CCC(=O)OC)c5C)C(CC[n+]1ccccc1)=C4C)c(CC[n+]1ccccc1)c3C.[Br-].[Br-]. The number of ether oxygens (including phenoxy) is 2. The number of carbonyl (C=O) groups is 2. The number of methoxy groups -OCH3 is 2. The Morgan fingerprint density at radius 3 is 1.43 bits per heavy atom. The van der Waals surface area contributed by atoms with Gasteiger partial charge in [0.1, 0.15) is 0 Å². The predicted molar refractivity (Wildman–Crippen MR) is 219 cm³/mol. The summed E-state index contributed by atoms with van der Waals surface area (Å²) in [6.07, 6.45) is 11.4. The topological polar surface area (TPSA) is 118 Å². The minimum absolute atomic E-state index is 0. The van der Waals surface area contributed by atoms with Crippen LogP contribution in [0.3, 0.4) is 0 Å². The molecule has 2 aliphatic rings. The quantitative estimate of drug-likeness (QED) is 0.146. The number of aryl methyl sites for hydroxylation is 6. The fraction of sp³-hybridized carbons (Fsp3) is 0.304. The normalized spacial score (nSPS) is 12.2. The molecule has 10 nitrogen and oxygen atoms in total. The van der Waals surface area contributed by atoms with Crippen molar-refractivity contribution in [3.8, 4) is 0 Å². The molecule has 0 aliphatic carbocycles. The summed E-state index contributed by atoms with van der Waals surface area (Å²) >= 11 is 0. The molecule has 7 rings (SSSR count). The molecule has 0 aromatic carbocycles. The molecule has 0 spiro atoms. The maximum atomic E-state index is 12.4. The second kappa shape index (κ2) is 19.5. The van der Waals surface area contributed by atoms with Gasteiger partial charge in [0, 0.05) is 72.0 Å². The highest BCUT2D eigenvalue weighted by molar-refractivity contribution is 5.95. The van der Waals surface area contributed by atoms with Crippen molar-refractivity contribution in [2.45, 2.75) is 79.3 Å². The van der Waals surface area contributed by atoms with Gasteiger partial charge in [-0.2, -0.15) is 0 Å². The zero-order valence-electron chi connectivity index (χ0n) is 33.9. The third kappa shape index (κ3) is 9.56. The number of esters is 2. The molecule has 2 aliphatic heterocycles. The molecular formula is C46H50Br2N6O4. The molecule has 0 unspecified atom stereocenters. The number of nitrogens with one attached hydrogen (secondary N) is 2. The fourth-order valence-corrected chi connectivity index (χ4v) is 7.80. The first kappa shape index (κ1) is 43.9. The van der Waals surface area contributed by atoms with Gasteiger partial charge in [0.15, 0.2) is 37.9 Å². The first-order valence-electron chi connectivity index (χ1n) is 19.3. The van der Waals surface area contributed by atoms with E-state index in [2.05, 4.69) is 120 Å². The lowest BCUT2D eigenvalue weighted by Gasteiger charge is -2.04. The Balaban J connectivity index is 0.00000320. The van der Waals surface area contributed by atoms with Crippen LogP contribution in [0.5, 0.6) is 0 Å². The highest BCUT2D eigenvalue weighted by Crippen LogP contribution is 2.37. The Kier molecular flexibility index (Phi) is 14.8. The Hall–Kier alpha value is -5.20. The maximum absolute atomic E-state index is 12.4. The van der Waals surface area contributed by atoms with Crippen LogP contribution in [-0.2, 0) is 45.0 Å². The molecule has 0 saturated heterocycles. The molecule has 0 saturated carbocycles. The number of hydrogen-bond acceptors (Lipinski definition) is 6. The number of aromatic nitrogens is 6. The number of carbonyl (C=O) groups excluding carboxylic acids is 2. The number of halogens is 2. The molecule has 0 amide bonds. The van der Waals surface area contributed by atoms with Gasteiger partial charge in [0.05, 0.1) is 37.0 Å². The molecule has 8 bridgehead atoms. The summed E-state index contributed by atoms with van der Waals surface area (Å²) in [5.74, 6) is -0.541. The van der Waals surface area contributed by atoms with Crippen molar-refractivity contribution in [3.05, 3.63) is 130 Å². The van der Waals surface area contributed by atoms with E-state index in [0.29, 0.717) is 12.8 Å². The van der Waals surface area contributed by atoms with Crippen LogP contribution in [0.4, 0.5) is 0 Å². The minimum atomic E-state index is -0.272. The van der Waals surface area contributed by atoms with Gasteiger partial charge in [0.2, 0.25) is 0 Å². The monoisotopic (exact) mass is 908 g/mol. The fourth-order valence-electron chi connectivity index (χ4n) is 7.80. The van der Waals surface area contributed by atoms with Gasteiger partial charge < -0.3 is 53.4 Å². The van der Waals surface area contributed by atoms with E-state index in [1.54, 1.807) is 0 Å². The lowest BCUT2D eigenvalue weighted by atomic mass is 10.00. The van der Waals surface area contributed by atoms with E-state index in [4.69, 9.17) is 19.4 Å². The summed E-state index contributed by atoms with van der Waals surface area (Å²) in [6.45, 7) is 10.1. The van der Waals surface area contributed by atoms with E-state index in [1.807, 2.05) is 12.1 Å². The number of aromatic amines is 2. The molecule has 0 atom stereocenters. The van der Waals surface area contributed by atoms with Crippen LogP contribution < -0.4 is 43.1 Å². The van der Waals surface area contributed by atoms with Crippen LogP contribution in [0, 0.1) is 13.8 Å². The molecule has 5 aromatic rings. The molecule has 7 heterocycles. The number of fused-ring (bicyclic) bond motifs is 8. The van der Waals surface area contributed by atoms with Crippen molar-refractivity contribution < 1.29 is 62.2 Å².